The average molecular weight is 227 g/mol. The van der Waals surface area contributed by atoms with Gasteiger partial charge in [-0.3, -0.25) is 0 Å². The van der Waals surface area contributed by atoms with E-state index in [9.17, 15) is 4.39 Å². The second-order valence-electron chi connectivity index (χ2n) is 3.06. The number of hydrogen-bond acceptors (Lipinski definition) is 2. The smallest absolute Gasteiger partial charge is 0.212 e. The minimum absolute atomic E-state index is 0.460. The largest absolute Gasteiger partial charge is 0.366 e. The summed E-state index contributed by atoms with van der Waals surface area (Å²) >= 11 is 5.12. The van der Waals surface area contributed by atoms with Crippen molar-refractivity contribution in [1.82, 2.24) is 15.2 Å². The molecule has 0 aliphatic rings. The van der Waals surface area contributed by atoms with E-state index in [2.05, 4.69) is 10.3 Å². The number of pyridine rings is 1. The standard InChI is InChI=1S/C10H14FN3S/c1-3-14(10(15)12-2)7-8-4-5-9(11)13-6-8/h4-6H,3,7H2,1-2H3,(H,12,15). The lowest BCUT2D eigenvalue weighted by Gasteiger charge is -2.22. The Morgan fingerprint density at radius 1 is 1.60 bits per heavy atom. The first-order valence-corrected chi connectivity index (χ1v) is 5.15. The minimum Gasteiger partial charge on any atom is -0.366 e. The van der Waals surface area contributed by atoms with Gasteiger partial charge in [0.15, 0.2) is 5.11 Å². The van der Waals surface area contributed by atoms with Crippen LogP contribution in [0.4, 0.5) is 4.39 Å². The molecule has 1 rings (SSSR count). The zero-order chi connectivity index (χ0) is 11.3. The highest BCUT2D eigenvalue weighted by molar-refractivity contribution is 7.80. The van der Waals surface area contributed by atoms with Gasteiger partial charge in [0, 0.05) is 26.3 Å². The van der Waals surface area contributed by atoms with E-state index in [0.717, 1.165) is 12.1 Å². The van der Waals surface area contributed by atoms with E-state index in [-0.39, 0.29) is 0 Å². The van der Waals surface area contributed by atoms with Crippen molar-refractivity contribution in [2.24, 2.45) is 0 Å². The summed E-state index contributed by atoms with van der Waals surface area (Å²) in [5.41, 5.74) is 0.941. The molecule has 5 heteroatoms. The molecule has 1 N–H and O–H groups in total. The van der Waals surface area contributed by atoms with Gasteiger partial charge in [-0.1, -0.05) is 6.07 Å². The van der Waals surface area contributed by atoms with Gasteiger partial charge in [0.05, 0.1) is 0 Å². The van der Waals surface area contributed by atoms with E-state index in [1.54, 1.807) is 13.1 Å². The molecule has 1 aromatic heterocycles. The molecule has 0 fully saturated rings. The van der Waals surface area contributed by atoms with Crippen molar-refractivity contribution >= 4 is 17.3 Å². The predicted molar refractivity (Wildman–Crippen MR) is 61.9 cm³/mol. The zero-order valence-electron chi connectivity index (χ0n) is 8.83. The van der Waals surface area contributed by atoms with Crippen molar-refractivity contribution in [1.29, 1.82) is 0 Å². The molecule has 0 aromatic carbocycles. The van der Waals surface area contributed by atoms with Crippen molar-refractivity contribution < 1.29 is 4.39 Å². The summed E-state index contributed by atoms with van der Waals surface area (Å²) in [6.45, 7) is 3.46. The molecule has 0 aliphatic heterocycles. The molecule has 1 aromatic rings. The van der Waals surface area contributed by atoms with Crippen molar-refractivity contribution in [3.05, 3.63) is 29.8 Å². The summed E-state index contributed by atoms with van der Waals surface area (Å²) in [6, 6.07) is 3.06. The third kappa shape index (κ3) is 3.43. The zero-order valence-corrected chi connectivity index (χ0v) is 9.64. The lowest BCUT2D eigenvalue weighted by Crippen LogP contribution is -2.37. The van der Waals surface area contributed by atoms with Crippen LogP contribution in [-0.2, 0) is 6.54 Å². The van der Waals surface area contributed by atoms with Crippen LogP contribution in [0.3, 0.4) is 0 Å². The van der Waals surface area contributed by atoms with Gasteiger partial charge in [0.25, 0.3) is 0 Å². The molecule has 0 atom stereocenters. The van der Waals surface area contributed by atoms with Crippen LogP contribution in [0, 0.1) is 5.95 Å². The maximum Gasteiger partial charge on any atom is 0.212 e. The van der Waals surface area contributed by atoms with Crippen LogP contribution in [0.15, 0.2) is 18.3 Å². The molecule has 0 spiro atoms. The maximum atomic E-state index is 12.6. The van der Waals surface area contributed by atoms with Crippen molar-refractivity contribution in [3.63, 3.8) is 0 Å². The molecule has 0 bridgehead atoms. The van der Waals surface area contributed by atoms with Crippen molar-refractivity contribution in [2.75, 3.05) is 13.6 Å². The average Bonchev–Trinajstić information content (AvgIpc) is 2.27. The molecule has 0 radical (unpaired) electrons. The van der Waals surface area contributed by atoms with Crippen LogP contribution in [0.1, 0.15) is 12.5 Å². The Morgan fingerprint density at radius 2 is 2.33 bits per heavy atom. The van der Waals surface area contributed by atoms with Gasteiger partial charge in [-0.2, -0.15) is 4.39 Å². The van der Waals surface area contributed by atoms with Gasteiger partial charge >= 0.3 is 0 Å². The summed E-state index contributed by atoms with van der Waals surface area (Å²) in [5.74, 6) is -0.460. The van der Waals surface area contributed by atoms with Crippen LogP contribution >= 0.6 is 12.2 Å². The number of halogens is 1. The fraction of sp³-hybridized carbons (Fsp3) is 0.400. The monoisotopic (exact) mass is 227 g/mol. The summed E-state index contributed by atoms with van der Waals surface area (Å²) in [6.07, 6.45) is 1.52. The summed E-state index contributed by atoms with van der Waals surface area (Å²) in [7, 11) is 1.79. The molecule has 0 saturated heterocycles. The molecular formula is C10H14FN3S. The second kappa shape index (κ2) is 5.60. The molecule has 0 unspecified atom stereocenters. The van der Waals surface area contributed by atoms with E-state index in [1.165, 1.54) is 12.3 Å². The molecule has 1 heterocycles. The number of nitrogens with zero attached hydrogens (tertiary/aromatic N) is 2. The highest BCUT2D eigenvalue weighted by atomic mass is 32.1. The van der Waals surface area contributed by atoms with E-state index >= 15 is 0 Å². The van der Waals surface area contributed by atoms with Gasteiger partial charge in [-0.25, -0.2) is 4.98 Å². The van der Waals surface area contributed by atoms with Gasteiger partial charge in [0.1, 0.15) is 0 Å². The van der Waals surface area contributed by atoms with E-state index in [0.29, 0.717) is 11.7 Å². The van der Waals surface area contributed by atoms with Crippen LogP contribution in [0.2, 0.25) is 0 Å². The highest BCUT2D eigenvalue weighted by Crippen LogP contribution is 2.04. The van der Waals surface area contributed by atoms with Crippen LogP contribution in [0.5, 0.6) is 0 Å². The Kier molecular flexibility index (Phi) is 4.42. The Balaban J connectivity index is 2.66. The van der Waals surface area contributed by atoms with Gasteiger partial charge in [-0.05, 0) is 30.8 Å². The van der Waals surface area contributed by atoms with E-state index in [4.69, 9.17) is 12.2 Å². The Bertz CT molecular complexity index is 326. The first-order valence-electron chi connectivity index (χ1n) is 4.74. The molecule has 82 valence electrons. The molecule has 0 saturated carbocycles. The first kappa shape index (κ1) is 11.8. The molecule has 15 heavy (non-hydrogen) atoms. The van der Waals surface area contributed by atoms with E-state index in [1.807, 2.05) is 11.8 Å². The summed E-state index contributed by atoms with van der Waals surface area (Å²) < 4.78 is 12.6. The topological polar surface area (TPSA) is 28.2 Å². The third-order valence-electron chi connectivity index (χ3n) is 2.04. The lowest BCUT2D eigenvalue weighted by molar-refractivity contribution is 0.429. The first-order chi connectivity index (χ1) is 7.17. The maximum absolute atomic E-state index is 12.6. The fourth-order valence-corrected chi connectivity index (χ4v) is 1.40. The summed E-state index contributed by atoms with van der Waals surface area (Å²) in [5, 5.41) is 3.59. The number of thiocarbonyl (C=S) groups is 1. The lowest BCUT2D eigenvalue weighted by atomic mass is 10.2. The van der Waals surface area contributed by atoms with Gasteiger partial charge in [-0.15, -0.1) is 0 Å². The predicted octanol–water partition coefficient (Wildman–Crippen LogP) is 1.55. The third-order valence-corrected chi connectivity index (χ3v) is 2.51. The van der Waals surface area contributed by atoms with Gasteiger partial charge in [0.2, 0.25) is 5.95 Å². The number of aromatic nitrogens is 1. The highest BCUT2D eigenvalue weighted by Gasteiger charge is 2.06. The molecular weight excluding hydrogens is 213 g/mol. The Morgan fingerprint density at radius 3 is 2.80 bits per heavy atom. The number of hydrogen-bond donors (Lipinski definition) is 1. The van der Waals surface area contributed by atoms with Crippen molar-refractivity contribution in [2.45, 2.75) is 13.5 Å². The molecule has 3 nitrogen and oxygen atoms in total. The molecule has 0 amide bonds. The number of rotatable bonds is 3. The second-order valence-corrected chi connectivity index (χ2v) is 3.45. The quantitative estimate of drug-likeness (QED) is 0.626. The Hall–Kier alpha value is -1.23. The van der Waals surface area contributed by atoms with Crippen LogP contribution in [-0.4, -0.2) is 28.6 Å². The fourth-order valence-electron chi connectivity index (χ4n) is 1.21. The van der Waals surface area contributed by atoms with Gasteiger partial charge < -0.3 is 10.2 Å². The Labute approximate surface area is 94.3 Å². The summed E-state index contributed by atoms with van der Waals surface area (Å²) in [4.78, 5) is 5.57. The number of nitrogens with one attached hydrogen (secondary N) is 1. The van der Waals surface area contributed by atoms with E-state index < -0.39 is 5.95 Å². The van der Waals surface area contributed by atoms with Crippen LogP contribution in [0.25, 0.3) is 0 Å². The van der Waals surface area contributed by atoms with Crippen molar-refractivity contribution in [3.8, 4) is 0 Å². The molecule has 0 aliphatic carbocycles. The SMILES string of the molecule is CCN(Cc1ccc(F)nc1)C(=S)NC. The van der Waals surface area contributed by atoms with Crippen LogP contribution < -0.4 is 5.32 Å². The minimum atomic E-state index is -0.460. The normalized spacial score (nSPS) is 9.80.